The van der Waals surface area contributed by atoms with Crippen molar-refractivity contribution in [1.29, 1.82) is 0 Å². The normalized spacial score (nSPS) is 14.2. The third-order valence-electron chi connectivity index (χ3n) is 4.40. The second-order valence-corrected chi connectivity index (χ2v) is 6.90. The number of halogens is 1. The van der Waals surface area contributed by atoms with Gasteiger partial charge in [-0.2, -0.15) is 4.98 Å². The van der Waals surface area contributed by atoms with Crippen LogP contribution in [0.2, 0.25) is 0 Å². The number of aromatic nitrogens is 3. The molecule has 0 bridgehead atoms. The second kappa shape index (κ2) is 6.49. The molecule has 0 saturated heterocycles. The molecule has 0 unspecified atom stereocenters. The van der Waals surface area contributed by atoms with Gasteiger partial charge in [0.25, 0.3) is 11.4 Å². The molecule has 6 nitrogen and oxygen atoms in total. The van der Waals surface area contributed by atoms with Crippen molar-refractivity contribution >= 4 is 0 Å². The van der Waals surface area contributed by atoms with Crippen molar-refractivity contribution in [2.45, 2.75) is 25.3 Å². The lowest BCUT2D eigenvalue weighted by molar-refractivity contribution is 0.392. The van der Waals surface area contributed by atoms with Crippen LogP contribution < -0.4 is 5.56 Å². The van der Waals surface area contributed by atoms with Gasteiger partial charge in [0.2, 0.25) is 5.82 Å². The minimum Gasteiger partial charge on any atom is -0.334 e. The molecule has 0 spiro atoms. The molecule has 1 saturated carbocycles. The lowest BCUT2D eigenvalue weighted by Gasteiger charge is -2.10. The van der Waals surface area contributed by atoms with Crippen LogP contribution >= 0.6 is 0 Å². The van der Waals surface area contributed by atoms with Gasteiger partial charge in [-0.25, -0.2) is 4.39 Å². The van der Waals surface area contributed by atoms with Gasteiger partial charge >= 0.3 is 0 Å². The van der Waals surface area contributed by atoms with Gasteiger partial charge < -0.3 is 14.4 Å². The van der Waals surface area contributed by atoms with E-state index in [4.69, 9.17) is 4.52 Å². The van der Waals surface area contributed by atoms with Crippen LogP contribution in [0.25, 0.3) is 22.8 Å². The molecule has 1 aliphatic carbocycles. The van der Waals surface area contributed by atoms with E-state index >= 15 is 0 Å². The van der Waals surface area contributed by atoms with Crippen LogP contribution in [0.5, 0.6) is 0 Å². The molecule has 1 aliphatic rings. The number of benzene rings is 1. The molecule has 0 radical (unpaired) electrons. The third kappa shape index (κ3) is 3.30. The average Bonchev–Trinajstić information content (AvgIpc) is 3.34. The molecule has 1 fully saturated rings. The van der Waals surface area contributed by atoms with Gasteiger partial charge in [0.05, 0.1) is 5.56 Å². The van der Waals surface area contributed by atoms with Crippen LogP contribution in [0.4, 0.5) is 4.39 Å². The molecule has 1 aromatic carbocycles. The Kier molecular flexibility index (Phi) is 4.16. The number of hydrogen-bond acceptors (Lipinski definition) is 5. The van der Waals surface area contributed by atoms with Crippen LogP contribution in [-0.4, -0.2) is 34.1 Å². The number of nitrogens with zero attached hydrogens (tertiary/aromatic N) is 3. The highest BCUT2D eigenvalue weighted by atomic mass is 19.1. The van der Waals surface area contributed by atoms with Crippen molar-refractivity contribution in [3.05, 3.63) is 57.8 Å². The maximum absolute atomic E-state index is 13.9. The topological polar surface area (TPSA) is 75.0 Å². The predicted molar refractivity (Wildman–Crippen MR) is 95.1 cm³/mol. The number of aromatic amines is 1. The first-order valence-corrected chi connectivity index (χ1v) is 8.52. The summed E-state index contributed by atoms with van der Waals surface area (Å²) in [5, 5.41) is 3.92. The first-order valence-electron chi connectivity index (χ1n) is 8.52. The van der Waals surface area contributed by atoms with E-state index in [2.05, 4.69) is 15.1 Å². The Morgan fingerprint density at radius 2 is 2.08 bits per heavy atom. The maximum atomic E-state index is 13.9. The van der Waals surface area contributed by atoms with Crippen LogP contribution in [0.3, 0.4) is 0 Å². The van der Waals surface area contributed by atoms with E-state index in [1.807, 2.05) is 25.1 Å². The van der Waals surface area contributed by atoms with Gasteiger partial charge in [-0.3, -0.25) is 4.79 Å². The van der Waals surface area contributed by atoms with Gasteiger partial charge in [-0.1, -0.05) is 5.16 Å². The summed E-state index contributed by atoms with van der Waals surface area (Å²) >= 11 is 0. The quantitative estimate of drug-likeness (QED) is 0.762. The zero-order valence-electron chi connectivity index (χ0n) is 14.6. The molecule has 7 heteroatoms. The fraction of sp³-hybridized carbons (Fsp3) is 0.316. The van der Waals surface area contributed by atoms with Crippen LogP contribution in [-0.2, 0) is 6.54 Å². The molecule has 3 aromatic rings. The van der Waals surface area contributed by atoms with Crippen molar-refractivity contribution in [3.8, 4) is 22.8 Å². The largest absolute Gasteiger partial charge is 0.334 e. The Morgan fingerprint density at radius 3 is 2.77 bits per heavy atom. The summed E-state index contributed by atoms with van der Waals surface area (Å²) in [5.41, 5.74) is 2.25. The van der Waals surface area contributed by atoms with Gasteiger partial charge in [-0.15, -0.1) is 0 Å². The Bertz CT molecular complexity index is 1000. The van der Waals surface area contributed by atoms with E-state index in [-0.39, 0.29) is 23.1 Å². The van der Waals surface area contributed by atoms with E-state index in [1.165, 1.54) is 6.07 Å². The summed E-state index contributed by atoms with van der Waals surface area (Å²) < 4.78 is 19.2. The van der Waals surface area contributed by atoms with Crippen molar-refractivity contribution in [2.24, 2.45) is 0 Å². The van der Waals surface area contributed by atoms with E-state index in [9.17, 15) is 9.18 Å². The summed E-state index contributed by atoms with van der Waals surface area (Å²) in [7, 11) is 3.74. The molecular formula is C19H19FN4O2. The first kappa shape index (κ1) is 16.7. The third-order valence-corrected chi connectivity index (χ3v) is 4.40. The first-order chi connectivity index (χ1) is 12.5. The van der Waals surface area contributed by atoms with E-state index in [0.29, 0.717) is 29.2 Å². The van der Waals surface area contributed by atoms with Gasteiger partial charge in [-0.05, 0) is 63.2 Å². The molecule has 0 aliphatic heterocycles. The van der Waals surface area contributed by atoms with E-state index < -0.39 is 0 Å². The minimum absolute atomic E-state index is 0.224. The maximum Gasteiger partial charge on any atom is 0.259 e. The Labute approximate surface area is 149 Å². The summed E-state index contributed by atoms with van der Waals surface area (Å²) in [5.74, 6) is 0.661. The molecular weight excluding hydrogens is 335 g/mol. The van der Waals surface area contributed by atoms with E-state index in [1.54, 1.807) is 18.2 Å². The average molecular weight is 354 g/mol. The monoisotopic (exact) mass is 354 g/mol. The number of hydrogen-bond donors (Lipinski definition) is 1. The summed E-state index contributed by atoms with van der Waals surface area (Å²) in [6.45, 7) is 0.461. The van der Waals surface area contributed by atoms with Gasteiger partial charge in [0, 0.05) is 23.4 Å². The molecule has 1 N–H and O–H groups in total. The lowest BCUT2D eigenvalue weighted by atomic mass is 10.1. The number of H-pyrrole nitrogens is 1. The van der Waals surface area contributed by atoms with Crippen LogP contribution in [0.1, 0.15) is 30.0 Å². The molecule has 134 valence electrons. The van der Waals surface area contributed by atoms with Crippen molar-refractivity contribution in [2.75, 3.05) is 14.1 Å². The van der Waals surface area contributed by atoms with Crippen molar-refractivity contribution in [1.82, 2.24) is 20.0 Å². The van der Waals surface area contributed by atoms with E-state index in [0.717, 1.165) is 18.5 Å². The van der Waals surface area contributed by atoms with Crippen molar-refractivity contribution in [3.63, 3.8) is 0 Å². The molecule has 2 aromatic heterocycles. The fourth-order valence-corrected chi connectivity index (χ4v) is 2.92. The number of rotatable bonds is 5. The zero-order valence-corrected chi connectivity index (χ0v) is 14.6. The highest BCUT2D eigenvalue weighted by Crippen LogP contribution is 2.38. The second-order valence-electron chi connectivity index (χ2n) is 6.90. The van der Waals surface area contributed by atoms with Crippen LogP contribution in [0.15, 0.2) is 39.6 Å². The lowest BCUT2D eigenvalue weighted by Crippen LogP contribution is -2.12. The Morgan fingerprint density at radius 1 is 1.27 bits per heavy atom. The summed E-state index contributed by atoms with van der Waals surface area (Å²) in [4.78, 5) is 21.4. The number of nitrogens with one attached hydrogen (secondary N) is 1. The zero-order chi connectivity index (χ0) is 18.3. The SMILES string of the molecule is CN(C)Cc1cc(-c2nc(-c3ccc(C4CC4)[nH]c3=O)no2)ccc1F. The highest BCUT2D eigenvalue weighted by molar-refractivity contribution is 5.60. The Hall–Kier alpha value is -2.80. The fourth-order valence-electron chi connectivity index (χ4n) is 2.92. The smallest absolute Gasteiger partial charge is 0.259 e. The summed E-state index contributed by atoms with van der Waals surface area (Å²) in [6, 6.07) is 8.29. The molecule has 2 heterocycles. The number of pyridine rings is 1. The molecule has 0 atom stereocenters. The van der Waals surface area contributed by atoms with Crippen molar-refractivity contribution < 1.29 is 8.91 Å². The predicted octanol–water partition coefficient (Wildman–Crippen LogP) is 3.17. The molecule has 26 heavy (non-hydrogen) atoms. The minimum atomic E-state index is -0.283. The molecule has 0 amide bonds. The Balaban J connectivity index is 1.65. The van der Waals surface area contributed by atoms with Gasteiger partial charge in [0.1, 0.15) is 5.82 Å². The summed E-state index contributed by atoms with van der Waals surface area (Å²) in [6.07, 6.45) is 2.23. The highest BCUT2D eigenvalue weighted by Gasteiger charge is 2.25. The van der Waals surface area contributed by atoms with Crippen LogP contribution in [0, 0.1) is 5.82 Å². The standard InChI is InChI=1S/C19H19FN4O2/c1-24(2)10-13-9-12(5-7-15(13)20)19-22-17(23-26-19)14-6-8-16(11-3-4-11)21-18(14)25/h5-9,11H,3-4,10H2,1-2H3,(H,21,25). The molecule has 4 rings (SSSR count). The van der Waals surface area contributed by atoms with Gasteiger partial charge in [0.15, 0.2) is 0 Å².